The molecule has 1 heterocycles. The van der Waals surface area contributed by atoms with Crippen molar-refractivity contribution in [2.45, 2.75) is 51.7 Å². The van der Waals surface area contributed by atoms with Crippen LogP contribution in [0.25, 0.3) is 0 Å². The van der Waals surface area contributed by atoms with Gasteiger partial charge in [-0.05, 0) is 33.1 Å². The lowest BCUT2D eigenvalue weighted by Gasteiger charge is -2.27. The molecule has 0 unspecified atom stereocenters. The molecule has 1 aliphatic carbocycles. The van der Waals surface area contributed by atoms with E-state index >= 15 is 0 Å². The Morgan fingerprint density at radius 1 is 1.38 bits per heavy atom. The first-order valence-electron chi connectivity index (χ1n) is 5.88. The van der Waals surface area contributed by atoms with Gasteiger partial charge in [0, 0.05) is 25.4 Å². The molecule has 1 aliphatic heterocycles. The Morgan fingerprint density at radius 3 is 2.69 bits per heavy atom. The van der Waals surface area contributed by atoms with Crippen LogP contribution in [0, 0.1) is 5.92 Å². The van der Waals surface area contributed by atoms with Crippen molar-refractivity contribution in [2.75, 3.05) is 6.54 Å². The number of carbonyl (C=O) groups excluding carboxylic acids is 2. The van der Waals surface area contributed by atoms with Crippen molar-refractivity contribution in [1.82, 2.24) is 4.90 Å². The van der Waals surface area contributed by atoms with Crippen molar-refractivity contribution < 1.29 is 14.3 Å². The van der Waals surface area contributed by atoms with Crippen molar-refractivity contribution in [3.8, 4) is 0 Å². The summed E-state index contributed by atoms with van der Waals surface area (Å²) in [4.78, 5) is 25.0. The van der Waals surface area contributed by atoms with Gasteiger partial charge >= 0.3 is 6.09 Å². The van der Waals surface area contributed by atoms with Gasteiger partial charge in [-0.25, -0.2) is 4.79 Å². The van der Waals surface area contributed by atoms with E-state index in [-0.39, 0.29) is 17.9 Å². The van der Waals surface area contributed by atoms with Crippen molar-refractivity contribution in [3.05, 3.63) is 0 Å². The molecular formula is C12H19NO3. The van der Waals surface area contributed by atoms with Crippen LogP contribution in [0.1, 0.15) is 40.0 Å². The standard InChI is InChI=1S/C12H19NO3/c1-12(2,3)16-11(15)13-5-4-8-6-9(14)7-10(8)13/h8,10H,4-7H2,1-3H3/t8-,10-/m1/s1. The summed E-state index contributed by atoms with van der Waals surface area (Å²) in [6.07, 6.45) is 1.83. The fourth-order valence-electron chi connectivity index (χ4n) is 2.59. The van der Waals surface area contributed by atoms with Gasteiger partial charge in [-0.1, -0.05) is 0 Å². The maximum atomic E-state index is 11.9. The molecule has 2 atom stereocenters. The molecule has 0 aromatic rings. The minimum atomic E-state index is -0.461. The lowest BCUT2D eigenvalue weighted by atomic mass is 10.1. The average molecular weight is 225 g/mol. The fourth-order valence-corrected chi connectivity index (χ4v) is 2.59. The highest BCUT2D eigenvalue weighted by Crippen LogP contribution is 2.36. The lowest BCUT2D eigenvalue weighted by molar-refractivity contribution is -0.117. The molecule has 0 radical (unpaired) electrons. The summed E-state index contributed by atoms with van der Waals surface area (Å²) in [5.41, 5.74) is -0.461. The molecule has 1 amide bonds. The minimum absolute atomic E-state index is 0.0994. The quantitative estimate of drug-likeness (QED) is 0.633. The van der Waals surface area contributed by atoms with Crippen LogP contribution >= 0.6 is 0 Å². The van der Waals surface area contributed by atoms with E-state index < -0.39 is 5.60 Å². The smallest absolute Gasteiger partial charge is 0.410 e. The van der Waals surface area contributed by atoms with Gasteiger partial charge in [0.15, 0.2) is 0 Å². The van der Waals surface area contributed by atoms with Crippen molar-refractivity contribution in [1.29, 1.82) is 0 Å². The van der Waals surface area contributed by atoms with E-state index in [9.17, 15) is 9.59 Å². The number of Topliss-reactive ketones (excluding diaryl/α,β-unsaturated/α-hetero) is 1. The molecule has 2 rings (SSSR count). The van der Waals surface area contributed by atoms with Gasteiger partial charge in [0.2, 0.25) is 0 Å². The topological polar surface area (TPSA) is 46.6 Å². The third-order valence-electron chi connectivity index (χ3n) is 3.24. The van der Waals surface area contributed by atoms with Crippen LogP contribution in [0.4, 0.5) is 4.79 Å². The van der Waals surface area contributed by atoms with Gasteiger partial charge < -0.3 is 9.64 Å². The number of hydrogen-bond donors (Lipinski definition) is 0. The highest BCUT2D eigenvalue weighted by atomic mass is 16.6. The van der Waals surface area contributed by atoms with Gasteiger partial charge in [-0.2, -0.15) is 0 Å². The van der Waals surface area contributed by atoms with Crippen LogP contribution in [0.15, 0.2) is 0 Å². The molecule has 4 heteroatoms. The molecule has 2 aliphatic rings. The normalized spacial score (nSPS) is 29.4. The van der Waals surface area contributed by atoms with Gasteiger partial charge in [-0.3, -0.25) is 4.79 Å². The Balaban J connectivity index is 2.00. The number of hydrogen-bond acceptors (Lipinski definition) is 3. The number of ketones is 1. The number of fused-ring (bicyclic) bond motifs is 1. The molecule has 0 N–H and O–H groups in total. The largest absolute Gasteiger partial charge is 0.444 e. The number of likely N-dealkylation sites (tertiary alicyclic amines) is 1. The van der Waals surface area contributed by atoms with Gasteiger partial charge in [0.1, 0.15) is 11.4 Å². The summed E-state index contributed by atoms with van der Waals surface area (Å²) in [7, 11) is 0. The number of amides is 1. The second-order valence-corrected chi connectivity index (χ2v) is 5.74. The van der Waals surface area contributed by atoms with E-state index in [1.807, 2.05) is 20.8 Å². The van der Waals surface area contributed by atoms with Crippen LogP contribution in [-0.4, -0.2) is 35.0 Å². The highest BCUT2D eigenvalue weighted by molar-refractivity contribution is 5.83. The molecule has 0 spiro atoms. The summed E-state index contributed by atoms with van der Waals surface area (Å²) in [5, 5.41) is 0. The third kappa shape index (κ3) is 2.20. The first-order valence-corrected chi connectivity index (χ1v) is 5.88. The molecule has 16 heavy (non-hydrogen) atoms. The zero-order valence-electron chi connectivity index (χ0n) is 10.2. The van der Waals surface area contributed by atoms with E-state index in [1.165, 1.54) is 0 Å². The maximum absolute atomic E-state index is 11.9. The zero-order chi connectivity index (χ0) is 11.9. The SMILES string of the molecule is CC(C)(C)OC(=O)N1CC[C@@H]2CC(=O)C[C@H]21. The second-order valence-electron chi connectivity index (χ2n) is 5.74. The Kier molecular flexibility index (Phi) is 2.68. The summed E-state index contributed by atoms with van der Waals surface area (Å²) in [6, 6.07) is 0.0994. The summed E-state index contributed by atoms with van der Waals surface area (Å²) in [6.45, 7) is 6.31. The van der Waals surface area contributed by atoms with Gasteiger partial charge in [-0.15, -0.1) is 0 Å². The monoisotopic (exact) mass is 225 g/mol. The molecule has 0 aromatic heterocycles. The highest BCUT2D eigenvalue weighted by Gasteiger charge is 2.44. The third-order valence-corrected chi connectivity index (χ3v) is 3.24. The lowest BCUT2D eigenvalue weighted by Crippen LogP contribution is -2.40. The van der Waals surface area contributed by atoms with Crippen LogP contribution < -0.4 is 0 Å². The first-order chi connectivity index (χ1) is 7.37. The molecule has 4 nitrogen and oxygen atoms in total. The van der Waals surface area contributed by atoms with Crippen LogP contribution in [0.2, 0.25) is 0 Å². The Bertz CT molecular complexity index is 319. The molecular weight excluding hydrogens is 206 g/mol. The molecule has 90 valence electrons. The maximum Gasteiger partial charge on any atom is 0.410 e. The molecule has 1 saturated heterocycles. The van der Waals surface area contributed by atoms with E-state index in [2.05, 4.69) is 0 Å². The van der Waals surface area contributed by atoms with Crippen molar-refractivity contribution in [3.63, 3.8) is 0 Å². The number of rotatable bonds is 0. The van der Waals surface area contributed by atoms with E-state index in [0.717, 1.165) is 13.0 Å². The van der Waals surface area contributed by atoms with Crippen LogP contribution in [-0.2, 0) is 9.53 Å². The van der Waals surface area contributed by atoms with Crippen LogP contribution in [0.5, 0.6) is 0 Å². The van der Waals surface area contributed by atoms with E-state index in [0.29, 0.717) is 18.8 Å². The first kappa shape index (κ1) is 11.4. The number of carbonyl (C=O) groups is 2. The predicted octanol–water partition coefficient (Wildman–Crippen LogP) is 1.97. The van der Waals surface area contributed by atoms with Crippen molar-refractivity contribution >= 4 is 11.9 Å². The van der Waals surface area contributed by atoms with Gasteiger partial charge in [0.05, 0.1) is 0 Å². The molecule has 2 fully saturated rings. The number of ether oxygens (including phenoxy) is 1. The summed E-state index contributed by atoms with van der Waals surface area (Å²) in [5.74, 6) is 0.656. The molecule has 0 bridgehead atoms. The van der Waals surface area contributed by atoms with Crippen molar-refractivity contribution in [2.24, 2.45) is 5.92 Å². The fraction of sp³-hybridized carbons (Fsp3) is 0.833. The Labute approximate surface area is 95.9 Å². The summed E-state index contributed by atoms with van der Waals surface area (Å²) >= 11 is 0. The average Bonchev–Trinajstić information content (AvgIpc) is 2.58. The molecule has 1 saturated carbocycles. The van der Waals surface area contributed by atoms with Crippen LogP contribution in [0.3, 0.4) is 0 Å². The van der Waals surface area contributed by atoms with E-state index in [4.69, 9.17) is 4.74 Å². The second kappa shape index (κ2) is 3.75. The number of nitrogens with zero attached hydrogens (tertiary/aromatic N) is 1. The molecule has 0 aromatic carbocycles. The predicted molar refractivity (Wildman–Crippen MR) is 59.1 cm³/mol. The minimum Gasteiger partial charge on any atom is -0.444 e. The zero-order valence-corrected chi connectivity index (χ0v) is 10.2. The summed E-state index contributed by atoms with van der Waals surface area (Å²) < 4.78 is 5.34. The Morgan fingerprint density at radius 2 is 2.06 bits per heavy atom. The van der Waals surface area contributed by atoms with Gasteiger partial charge in [0.25, 0.3) is 0 Å². The van der Waals surface area contributed by atoms with E-state index in [1.54, 1.807) is 4.90 Å². The Hall–Kier alpha value is -1.06.